The van der Waals surface area contributed by atoms with Gasteiger partial charge in [-0.1, -0.05) is 13.0 Å². The fraction of sp³-hybridized carbons (Fsp3) is 0.833. The monoisotopic (exact) mass is 250 g/mol. The minimum atomic E-state index is -4.14. The van der Waals surface area contributed by atoms with Crippen molar-refractivity contribution in [2.45, 2.75) is 38.9 Å². The Balaban J connectivity index is 2.38. The zero-order valence-electron chi connectivity index (χ0n) is 10.5. The van der Waals surface area contributed by atoms with E-state index >= 15 is 0 Å². The normalized spacial score (nSPS) is 20.2. The molecule has 0 spiro atoms. The molecular formula is C12H21F3N2. The first-order chi connectivity index (χ1) is 7.95. The maximum atomic E-state index is 12.4. The lowest BCUT2D eigenvalue weighted by Gasteiger charge is -2.32. The topological polar surface area (TPSA) is 15.3 Å². The SMILES string of the molecule is CCNCCC(C)N1CC=C(C(F)(F)F)CC1. The van der Waals surface area contributed by atoms with E-state index in [1.165, 1.54) is 6.08 Å². The Bertz CT molecular complexity index is 261. The molecule has 1 N–H and O–H groups in total. The molecule has 1 unspecified atom stereocenters. The molecule has 1 heterocycles. The molecule has 0 amide bonds. The van der Waals surface area contributed by atoms with Gasteiger partial charge in [0.05, 0.1) is 0 Å². The van der Waals surface area contributed by atoms with Crippen LogP contribution in [0.15, 0.2) is 11.6 Å². The maximum absolute atomic E-state index is 12.4. The van der Waals surface area contributed by atoms with Crippen molar-refractivity contribution in [3.05, 3.63) is 11.6 Å². The van der Waals surface area contributed by atoms with Crippen molar-refractivity contribution in [3.8, 4) is 0 Å². The summed E-state index contributed by atoms with van der Waals surface area (Å²) in [4.78, 5) is 2.10. The van der Waals surface area contributed by atoms with Crippen molar-refractivity contribution >= 4 is 0 Å². The first-order valence-corrected chi connectivity index (χ1v) is 6.16. The average molecular weight is 250 g/mol. The van der Waals surface area contributed by atoms with Gasteiger partial charge in [-0.15, -0.1) is 0 Å². The zero-order chi connectivity index (χ0) is 12.9. The van der Waals surface area contributed by atoms with E-state index < -0.39 is 6.18 Å². The Hall–Kier alpha value is -0.550. The standard InChI is InChI=1S/C12H21F3N2/c1-3-16-7-4-10(2)17-8-5-11(6-9-17)12(13,14)15/h5,10,16H,3-4,6-9H2,1-2H3. The van der Waals surface area contributed by atoms with Crippen LogP contribution < -0.4 is 5.32 Å². The van der Waals surface area contributed by atoms with E-state index in [0.717, 1.165) is 19.5 Å². The number of hydrogen-bond donors (Lipinski definition) is 1. The van der Waals surface area contributed by atoms with E-state index in [1.807, 2.05) is 6.92 Å². The maximum Gasteiger partial charge on any atom is 0.412 e. The Morgan fingerprint density at radius 1 is 1.47 bits per heavy atom. The van der Waals surface area contributed by atoms with Gasteiger partial charge in [0.15, 0.2) is 0 Å². The predicted octanol–water partition coefficient (Wildman–Crippen LogP) is 2.57. The Kier molecular flexibility index (Phi) is 5.46. The summed E-state index contributed by atoms with van der Waals surface area (Å²) < 4.78 is 37.3. The molecule has 0 aromatic carbocycles. The summed E-state index contributed by atoms with van der Waals surface area (Å²) in [5, 5.41) is 3.23. The largest absolute Gasteiger partial charge is 0.412 e. The van der Waals surface area contributed by atoms with Gasteiger partial charge < -0.3 is 5.32 Å². The summed E-state index contributed by atoms with van der Waals surface area (Å²) in [5.41, 5.74) is -0.368. The molecule has 1 atom stereocenters. The smallest absolute Gasteiger partial charge is 0.317 e. The van der Waals surface area contributed by atoms with Crippen LogP contribution in [-0.2, 0) is 0 Å². The fourth-order valence-electron chi connectivity index (χ4n) is 2.01. The summed E-state index contributed by atoms with van der Waals surface area (Å²) in [6, 6.07) is 0.333. The highest BCUT2D eigenvalue weighted by Gasteiger charge is 2.35. The van der Waals surface area contributed by atoms with Crippen molar-refractivity contribution in [2.75, 3.05) is 26.2 Å². The van der Waals surface area contributed by atoms with Crippen LogP contribution in [-0.4, -0.2) is 43.3 Å². The van der Waals surface area contributed by atoms with Crippen LogP contribution in [0, 0.1) is 0 Å². The summed E-state index contributed by atoms with van der Waals surface area (Å²) in [6.07, 6.45) is -1.72. The predicted molar refractivity (Wildman–Crippen MR) is 63.0 cm³/mol. The molecule has 0 bridgehead atoms. The molecule has 0 saturated carbocycles. The highest BCUT2D eigenvalue weighted by atomic mass is 19.4. The van der Waals surface area contributed by atoms with E-state index in [-0.39, 0.29) is 12.0 Å². The number of rotatable bonds is 5. The molecule has 0 aromatic rings. The van der Waals surface area contributed by atoms with Crippen molar-refractivity contribution < 1.29 is 13.2 Å². The van der Waals surface area contributed by atoms with E-state index in [1.54, 1.807) is 0 Å². The molecule has 100 valence electrons. The summed E-state index contributed by atoms with van der Waals surface area (Å²) in [6.45, 7) is 6.91. The van der Waals surface area contributed by atoms with Gasteiger partial charge in [-0.2, -0.15) is 13.2 Å². The van der Waals surface area contributed by atoms with Crippen LogP contribution in [0.3, 0.4) is 0 Å². The second-order valence-electron chi connectivity index (χ2n) is 4.46. The summed E-state index contributed by atoms with van der Waals surface area (Å²) in [5.74, 6) is 0. The zero-order valence-corrected chi connectivity index (χ0v) is 10.5. The summed E-state index contributed by atoms with van der Waals surface area (Å²) >= 11 is 0. The van der Waals surface area contributed by atoms with Crippen molar-refractivity contribution in [3.63, 3.8) is 0 Å². The number of alkyl halides is 3. The van der Waals surface area contributed by atoms with Crippen LogP contribution in [0.1, 0.15) is 26.7 Å². The van der Waals surface area contributed by atoms with Crippen molar-refractivity contribution in [1.29, 1.82) is 0 Å². The van der Waals surface area contributed by atoms with E-state index in [9.17, 15) is 13.2 Å². The van der Waals surface area contributed by atoms with Gasteiger partial charge in [0.2, 0.25) is 0 Å². The van der Waals surface area contributed by atoms with Gasteiger partial charge in [-0.25, -0.2) is 0 Å². The lowest BCUT2D eigenvalue weighted by atomic mass is 10.1. The van der Waals surface area contributed by atoms with E-state index in [0.29, 0.717) is 19.1 Å². The Labute approximate surface area is 101 Å². The summed E-state index contributed by atoms with van der Waals surface area (Å²) in [7, 11) is 0. The molecule has 0 fully saturated rings. The lowest BCUT2D eigenvalue weighted by molar-refractivity contribution is -0.0963. The van der Waals surface area contributed by atoms with E-state index in [4.69, 9.17) is 0 Å². The van der Waals surface area contributed by atoms with Gasteiger partial charge in [0, 0.05) is 24.7 Å². The minimum absolute atomic E-state index is 0.120. The highest BCUT2D eigenvalue weighted by molar-refractivity contribution is 5.13. The van der Waals surface area contributed by atoms with Gasteiger partial charge in [0.1, 0.15) is 0 Å². The minimum Gasteiger partial charge on any atom is -0.317 e. The quantitative estimate of drug-likeness (QED) is 0.596. The van der Waals surface area contributed by atoms with Crippen LogP contribution >= 0.6 is 0 Å². The third-order valence-electron chi connectivity index (χ3n) is 3.22. The highest BCUT2D eigenvalue weighted by Crippen LogP contribution is 2.30. The van der Waals surface area contributed by atoms with Crippen molar-refractivity contribution in [1.82, 2.24) is 10.2 Å². The molecule has 0 saturated heterocycles. The Morgan fingerprint density at radius 3 is 2.65 bits per heavy atom. The molecular weight excluding hydrogens is 229 g/mol. The molecule has 17 heavy (non-hydrogen) atoms. The Morgan fingerprint density at radius 2 is 2.18 bits per heavy atom. The van der Waals surface area contributed by atoms with Crippen molar-refractivity contribution in [2.24, 2.45) is 0 Å². The molecule has 0 aliphatic carbocycles. The number of hydrogen-bond acceptors (Lipinski definition) is 2. The molecule has 2 nitrogen and oxygen atoms in total. The molecule has 0 aromatic heterocycles. The molecule has 1 aliphatic rings. The molecule has 1 aliphatic heterocycles. The number of nitrogens with one attached hydrogen (secondary N) is 1. The second-order valence-corrected chi connectivity index (χ2v) is 4.46. The first kappa shape index (κ1) is 14.5. The van der Waals surface area contributed by atoms with E-state index in [2.05, 4.69) is 17.1 Å². The number of halogens is 3. The number of nitrogens with zero attached hydrogens (tertiary/aromatic N) is 1. The molecule has 5 heteroatoms. The van der Waals surface area contributed by atoms with Gasteiger partial charge in [-0.05, 0) is 32.9 Å². The third-order valence-corrected chi connectivity index (χ3v) is 3.22. The van der Waals surface area contributed by atoms with Gasteiger partial charge in [-0.3, -0.25) is 4.90 Å². The second kappa shape index (κ2) is 6.40. The first-order valence-electron chi connectivity index (χ1n) is 6.16. The molecule has 1 rings (SSSR count). The van der Waals surface area contributed by atoms with Crippen LogP contribution in [0.5, 0.6) is 0 Å². The molecule has 0 radical (unpaired) electrons. The fourth-order valence-corrected chi connectivity index (χ4v) is 2.01. The third kappa shape index (κ3) is 4.68. The average Bonchev–Trinajstić information content (AvgIpc) is 2.28. The van der Waals surface area contributed by atoms with Crippen LogP contribution in [0.25, 0.3) is 0 Å². The van der Waals surface area contributed by atoms with Crippen LogP contribution in [0.2, 0.25) is 0 Å². The van der Waals surface area contributed by atoms with Gasteiger partial charge >= 0.3 is 6.18 Å². The van der Waals surface area contributed by atoms with Gasteiger partial charge in [0.25, 0.3) is 0 Å². The lowest BCUT2D eigenvalue weighted by Crippen LogP contribution is -2.39. The van der Waals surface area contributed by atoms with Crippen LogP contribution in [0.4, 0.5) is 13.2 Å².